The molecule has 2 atom stereocenters. The van der Waals surface area contributed by atoms with Crippen LogP contribution < -0.4 is 0 Å². The van der Waals surface area contributed by atoms with Crippen molar-refractivity contribution in [1.82, 2.24) is 0 Å². The van der Waals surface area contributed by atoms with E-state index in [1.807, 2.05) is 12.2 Å². The molecule has 0 heterocycles. The van der Waals surface area contributed by atoms with Gasteiger partial charge in [0.2, 0.25) is 0 Å². The van der Waals surface area contributed by atoms with Gasteiger partial charge in [-0.1, -0.05) is 52.4 Å². The van der Waals surface area contributed by atoms with Crippen LogP contribution in [0.5, 0.6) is 0 Å². The molecule has 2 aliphatic rings. The van der Waals surface area contributed by atoms with E-state index < -0.39 is 11.2 Å². The van der Waals surface area contributed by atoms with Gasteiger partial charge in [0.05, 0.1) is 20.2 Å². The Morgan fingerprint density at radius 1 is 0.815 bits per heavy atom. The third-order valence-electron chi connectivity index (χ3n) is 5.30. The van der Waals surface area contributed by atoms with Gasteiger partial charge in [-0.3, -0.25) is 0 Å². The van der Waals surface area contributed by atoms with Crippen molar-refractivity contribution in [3.8, 4) is 0 Å². The SMILES string of the molecule is CCCCCC1(OC2(CCCCC)C=C(Br)C(F)=CC2)C=C(Br)C(F)=CC1. The van der Waals surface area contributed by atoms with E-state index in [0.717, 1.165) is 51.4 Å². The van der Waals surface area contributed by atoms with Gasteiger partial charge in [-0.25, -0.2) is 8.78 Å². The summed E-state index contributed by atoms with van der Waals surface area (Å²) in [7, 11) is 0. The molecule has 1 nitrogen and oxygen atoms in total. The average Bonchev–Trinajstić information content (AvgIpc) is 2.63. The molecule has 0 amide bonds. The van der Waals surface area contributed by atoms with Gasteiger partial charge >= 0.3 is 0 Å². The van der Waals surface area contributed by atoms with Crippen LogP contribution >= 0.6 is 31.9 Å². The molecule has 2 aliphatic carbocycles. The van der Waals surface area contributed by atoms with Crippen LogP contribution in [-0.4, -0.2) is 11.2 Å². The second kappa shape index (κ2) is 10.5. The van der Waals surface area contributed by atoms with Crippen molar-refractivity contribution >= 4 is 31.9 Å². The van der Waals surface area contributed by atoms with Gasteiger partial charge in [-0.05, 0) is 69.0 Å². The molecule has 0 bridgehead atoms. The molecule has 0 fully saturated rings. The van der Waals surface area contributed by atoms with E-state index in [1.165, 1.54) is 0 Å². The van der Waals surface area contributed by atoms with Crippen molar-refractivity contribution in [2.75, 3.05) is 0 Å². The van der Waals surface area contributed by atoms with Crippen LogP contribution in [0.1, 0.15) is 78.1 Å². The van der Waals surface area contributed by atoms with E-state index in [1.54, 1.807) is 12.2 Å². The zero-order valence-corrected chi connectivity index (χ0v) is 19.5. The largest absolute Gasteiger partial charge is 0.360 e. The Kier molecular flexibility index (Phi) is 8.95. The van der Waals surface area contributed by atoms with E-state index >= 15 is 0 Å². The van der Waals surface area contributed by atoms with Crippen molar-refractivity contribution < 1.29 is 13.5 Å². The highest BCUT2D eigenvalue weighted by Crippen LogP contribution is 2.44. The maximum Gasteiger partial charge on any atom is 0.133 e. The van der Waals surface area contributed by atoms with Gasteiger partial charge in [0, 0.05) is 12.8 Å². The fourth-order valence-corrected chi connectivity index (χ4v) is 4.94. The van der Waals surface area contributed by atoms with E-state index in [-0.39, 0.29) is 11.7 Å². The molecule has 0 N–H and O–H groups in total. The first-order valence-corrected chi connectivity index (χ1v) is 11.6. The lowest BCUT2D eigenvalue weighted by Gasteiger charge is -2.43. The summed E-state index contributed by atoms with van der Waals surface area (Å²) in [6.07, 6.45) is 16.1. The van der Waals surface area contributed by atoms with Crippen LogP contribution in [0.15, 0.2) is 44.9 Å². The highest BCUT2D eigenvalue weighted by atomic mass is 79.9. The van der Waals surface area contributed by atoms with Gasteiger partial charge in [0.1, 0.15) is 11.7 Å². The van der Waals surface area contributed by atoms with Gasteiger partial charge in [0.15, 0.2) is 0 Å². The summed E-state index contributed by atoms with van der Waals surface area (Å²) in [4.78, 5) is 0. The molecule has 0 aromatic carbocycles. The van der Waals surface area contributed by atoms with Gasteiger partial charge in [0.25, 0.3) is 0 Å². The Morgan fingerprint density at radius 2 is 1.22 bits per heavy atom. The number of halogens is 4. The summed E-state index contributed by atoms with van der Waals surface area (Å²) in [6, 6.07) is 0. The molecule has 0 saturated heterocycles. The molecule has 5 heteroatoms. The third kappa shape index (κ3) is 6.37. The maximum absolute atomic E-state index is 14.0. The first-order valence-electron chi connectivity index (χ1n) is 10.0. The van der Waals surface area contributed by atoms with Crippen LogP contribution in [0.2, 0.25) is 0 Å². The fourth-order valence-electron chi connectivity index (χ4n) is 3.78. The van der Waals surface area contributed by atoms with Crippen LogP contribution in [-0.2, 0) is 4.74 Å². The lowest BCUT2D eigenvalue weighted by molar-refractivity contribution is -0.116. The Labute approximate surface area is 179 Å². The molecule has 0 radical (unpaired) electrons. The van der Waals surface area contributed by atoms with E-state index in [2.05, 4.69) is 45.7 Å². The fraction of sp³-hybridized carbons (Fsp3) is 0.636. The monoisotopic (exact) mass is 506 g/mol. The van der Waals surface area contributed by atoms with Crippen molar-refractivity contribution in [2.45, 2.75) is 89.3 Å². The lowest BCUT2D eigenvalue weighted by atomic mass is 9.84. The Bertz CT molecular complexity index is 584. The molecular weight excluding hydrogens is 478 g/mol. The zero-order chi connectivity index (χ0) is 19.9. The lowest BCUT2D eigenvalue weighted by Crippen LogP contribution is -2.44. The number of hydrogen-bond donors (Lipinski definition) is 0. The number of hydrogen-bond acceptors (Lipinski definition) is 1. The van der Waals surface area contributed by atoms with Crippen LogP contribution in [0.3, 0.4) is 0 Å². The standard InChI is InChI=1S/C22H30Br2F2O/c1-3-5-7-11-21(13-9-19(25)17(23)15-21)27-22(12-8-6-4-2)14-10-20(26)18(24)16-22/h9-10,15-16H,3-8,11-14H2,1-2H3. The summed E-state index contributed by atoms with van der Waals surface area (Å²) in [6.45, 7) is 4.33. The third-order valence-corrected chi connectivity index (χ3v) is 6.52. The van der Waals surface area contributed by atoms with Gasteiger partial charge in [-0.2, -0.15) is 0 Å². The zero-order valence-electron chi connectivity index (χ0n) is 16.3. The molecule has 152 valence electrons. The van der Waals surface area contributed by atoms with Gasteiger partial charge < -0.3 is 4.74 Å². The number of allylic oxidation sites excluding steroid dienone is 4. The quantitative estimate of drug-likeness (QED) is 0.268. The van der Waals surface area contributed by atoms with Crippen molar-refractivity contribution in [3.63, 3.8) is 0 Å². The predicted octanol–water partition coefficient (Wildman–Crippen LogP) is 8.71. The summed E-state index contributed by atoms with van der Waals surface area (Å²) in [5, 5.41) is 0. The molecule has 0 aromatic rings. The second-order valence-electron chi connectivity index (χ2n) is 7.64. The molecule has 2 unspecified atom stereocenters. The molecule has 0 spiro atoms. The first kappa shape index (κ1) is 23.0. The first-order chi connectivity index (χ1) is 12.9. The topological polar surface area (TPSA) is 9.23 Å². The average molecular weight is 508 g/mol. The normalized spacial score (nSPS) is 28.4. The van der Waals surface area contributed by atoms with E-state index in [4.69, 9.17) is 4.74 Å². The molecule has 27 heavy (non-hydrogen) atoms. The highest BCUT2D eigenvalue weighted by molar-refractivity contribution is 9.12. The van der Waals surface area contributed by atoms with Crippen molar-refractivity contribution in [3.05, 3.63) is 44.9 Å². The Balaban J connectivity index is 2.30. The minimum atomic E-state index is -0.568. The second-order valence-corrected chi connectivity index (χ2v) is 9.35. The summed E-state index contributed by atoms with van der Waals surface area (Å²) in [5.74, 6) is -0.480. The van der Waals surface area contributed by atoms with Crippen molar-refractivity contribution in [1.29, 1.82) is 0 Å². The predicted molar refractivity (Wildman–Crippen MR) is 116 cm³/mol. The minimum absolute atomic E-state index is 0.240. The number of rotatable bonds is 10. The Morgan fingerprint density at radius 3 is 1.56 bits per heavy atom. The smallest absolute Gasteiger partial charge is 0.133 e. The molecular formula is C22H30Br2F2O. The summed E-state index contributed by atoms with van der Waals surface area (Å²) in [5.41, 5.74) is -1.14. The Hall–Kier alpha value is -0.260. The van der Waals surface area contributed by atoms with Crippen LogP contribution in [0.4, 0.5) is 8.78 Å². The van der Waals surface area contributed by atoms with Crippen LogP contribution in [0.25, 0.3) is 0 Å². The maximum atomic E-state index is 14.0. The van der Waals surface area contributed by atoms with E-state index in [0.29, 0.717) is 21.8 Å². The molecule has 0 aliphatic heterocycles. The van der Waals surface area contributed by atoms with Crippen molar-refractivity contribution in [2.24, 2.45) is 0 Å². The minimum Gasteiger partial charge on any atom is -0.360 e. The van der Waals surface area contributed by atoms with Gasteiger partial charge in [-0.15, -0.1) is 0 Å². The van der Waals surface area contributed by atoms with E-state index in [9.17, 15) is 8.78 Å². The summed E-state index contributed by atoms with van der Waals surface area (Å²) < 4.78 is 35.6. The highest BCUT2D eigenvalue weighted by Gasteiger charge is 2.41. The molecule has 2 rings (SSSR count). The summed E-state index contributed by atoms with van der Waals surface area (Å²) >= 11 is 6.69. The molecule has 0 aromatic heterocycles. The molecule has 0 saturated carbocycles. The number of unbranched alkanes of at least 4 members (excludes halogenated alkanes) is 4. The van der Waals surface area contributed by atoms with Crippen LogP contribution in [0, 0.1) is 0 Å². The number of ether oxygens (including phenoxy) is 1.